The lowest BCUT2D eigenvalue weighted by molar-refractivity contribution is -0.143. The molecule has 1 saturated heterocycles. The summed E-state index contributed by atoms with van der Waals surface area (Å²) in [6, 6.07) is 14.2. The minimum absolute atomic E-state index is 0.000863. The standard InChI is InChI=1S/C24H26N4O5/c1-16(23(30)28-14-22(29)25-17-6-2-3-7-18(17)28)26-10-12-27(13-11-26)24(31)21-15-32-19-8-4-5-9-20(19)33-21/h2-9,16,21H,10-15H2,1H3,(H,25,29)/t16-,21-/m1/s1. The second kappa shape index (κ2) is 8.74. The van der Waals surface area contributed by atoms with Gasteiger partial charge in [-0.1, -0.05) is 24.3 Å². The van der Waals surface area contributed by atoms with Crippen molar-refractivity contribution in [2.24, 2.45) is 0 Å². The van der Waals surface area contributed by atoms with Crippen LogP contribution in [0.3, 0.4) is 0 Å². The van der Waals surface area contributed by atoms with Gasteiger partial charge in [-0.05, 0) is 31.2 Å². The predicted molar refractivity (Wildman–Crippen MR) is 121 cm³/mol. The molecule has 2 atom stereocenters. The van der Waals surface area contributed by atoms with Crippen LogP contribution < -0.4 is 19.7 Å². The van der Waals surface area contributed by atoms with E-state index in [-0.39, 0.29) is 30.9 Å². The molecule has 3 aliphatic heterocycles. The first-order valence-corrected chi connectivity index (χ1v) is 11.1. The normalized spacial score (nSPS) is 21.1. The number of carbonyl (C=O) groups excluding carboxylic acids is 3. The van der Waals surface area contributed by atoms with Gasteiger partial charge in [-0.3, -0.25) is 24.2 Å². The Hall–Kier alpha value is -3.59. The molecule has 33 heavy (non-hydrogen) atoms. The van der Waals surface area contributed by atoms with Gasteiger partial charge < -0.3 is 19.7 Å². The van der Waals surface area contributed by atoms with Crippen LogP contribution in [0.25, 0.3) is 0 Å². The highest BCUT2D eigenvalue weighted by Crippen LogP contribution is 2.32. The van der Waals surface area contributed by atoms with E-state index < -0.39 is 12.1 Å². The summed E-state index contributed by atoms with van der Waals surface area (Å²) in [6.45, 7) is 4.14. The molecule has 9 heteroatoms. The maximum Gasteiger partial charge on any atom is 0.267 e. The molecule has 0 radical (unpaired) electrons. The number of amides is 3. The summed E-state index contributed by atoms with van der Waals surface area (Å²) < 4.78 is 11.5. The number of nitrogens with zero attached hydrogens (tertiary/aromatic N) is 3. The van der Waals surface area contributed by atoms with Crippen LogP contribution in [0.4, 0.5) is 11.4 Å². The lowest BCUT2D eigenvalue weighted by atomic mass is 10.1. The number of anilines is 2. The number of benzene rings is 2. The van der Waals surface area contributed by atoms with Crippen LogP contribution in [-0.4, -0.2) is 79.0 Å². The zero-order valence-electron chi connectivity index (χ0n) is 18.4. The first kappa shape index (κ1) is 21.3. The fourth-order valence-corrected chi connectivity index (χ4v) is 4.49. The van der Waals surface area contributed by atoms with E-state index in [1.807, 2.05) is 43.3 Å². The van der Waals surface area contributed by atoms with Gasteiger partial charge in [0.25, 0.3) is 5.91 Å². The zero-order valence-corrected chi connectivity index (χ0v) is 18.4. The van der Waals surface area contributed by atoms with E-state index in [4.69, 9.17) is 9.47 Å². The first-order valence-electron chi connectivity index (χ1n) is 11.1. The van der Waals surface area contributed by atoms with Crippen LogP contribution in [0, 0.1) is 0 Å². The number of rotatable bonds is 3. The third-order valence-electron chi connectivity index (χ3n) is 6.35. The topological polar surface area (TPSA) is 91.4 Å². The average Bonchev–Trinajstić information content (AvgIpc) is 2.86. The summed E-state index contributed by atoms with van der Waals surface area (Å²) in [6.07, 6.45) is -0.672. The lowest BCUT2D eigenvalue weighted by Crippen LogP contribution is -2.58. The minimum atomic E-state index is -0.672. The van der Waals surface area contributed by atoms with Crippen LogP contribution in [0.2, 0.25) is 0 Å². The van der Waals surface area contributed by atoms with Crippen molar-refractivity contribution in [3.8, 4) is 11.5 Å². The minimum Gasteiger partial charge on any atom is -0.485 e. The van der Waals surface area contributed by atoms with Crippen LogP contribution in [-0.2, 0) is 14.4 Å². The fraction of sp³-hybridized carbons (Fsp3) is 0.375. The van der Waals surface area contributed by atoms with Gasteiger partial charge in [0, 0.05) is 26.2 Å². The summed E-state index contributed by atoms with van der Waals surface area (Å²) >= 11 is 0. The predicted octanol–water partition coefficient (Wildman–Crippen LogP) is 1.34. The van der Waals surface area contributed by atoms with Gasteiger partial charge in [0.15, 0.2) is 11.5 Å². The van der Waals surface area contributed by atoms with Crippen LogP contribution in [0.1, 0.15) is 6.92 Å². The second-order valence-corrected chi connectivity index (χ2v) is 8.39. The molecule has 0 aromatic heterocycles. The monoisotopic (exact) mass is 450 g/mol. The Kier molecular flexibility index (Phi) is 5.63. The van der Waals surface area contributed by atoms with Gasteiger partial charge in [0.2, 0.25) is 17.9 Å². The van der Waals surface area contributed by atoms with Crippen molar-refractivity contribution in [1.29, 1.82) is 0 Å². The molecule has 3 heterocycles. The molecule has 2 aromatic carbocycles. The van der Waals surface area contributed by atoms with Gasteiger partial charge in [-0.15, -0.1) is 0 Å². The molecule has 9 nitrogen and oxygen atoms in total. The molecule has 0 saturated carbocycles. The number of fused-ring (bicyclic) bond motifs is 2. The Morgan fingerprint density at radius 2 is 1.70 bits per heavy atom. The number of nitrogens with one attached hydrogen (secondary N) is 1. The lowest BCUT2D eigenvalue weighted by Gasteiger charge is -2.40. The summed E-state index contributed by atoms with van der Waals surface area (Å²) in [7, 11) is 0. The molecule has 0 unspecified atom stereocenters. The van der Waals surface area contributed by atoms with E-state index in [1.54, 1.807) is 21.9 Å². The Morgan fingerprint density at radius 1 is 1.00 bits per heavy atom. The first-order chi connectivity index (χ1) is 16.0. The van der Waals surface area contributed by atoms with Crippen molar-refractivity contribution >= 4 is 29.1 Å². The third kappa shape index (κ3) is 4.11. The molecule has 172 valence electrons. The van der Waals surface area contributed by atoms with E-state index in [1.165, 1.54) is 0 Å². The van der Waals surface area contributed by atoms with Gasteiger partial charge in [0.05, 0.1) is 17.4 Å². The molecule has 1 fully saturated rings. The van der Waals surface area contributed by atoms with Gasteiger partial charge in [-0.25, -0.2) is 0 Å². The van der Waals surface area contributed by atoms with Gasteiger partial charge >= 0.3 is 0 Å². The number of piperazine rings is 1. The summed E-state index contributed by atoms with van der Waals surface area (Å²) in [5, 5.41) is 2.81. The smallest absolute Gasteiger partial charge is 0.267 e. The van der Waals surface area contributed by atoms with Crippen molar-refractivity contribution < 1.29 is 23.9 Å². The highest BCUT2D eigenvalue weighted by Gasteiger charge is 2.36. The maximum absolute atomic E-state index is 13.3. The Bertz CT molecular complexity index is 1080. The Balaban J connectivity index is 1.19. The number of hydrogen-bond donors (Lipinski definition) is 1. The molecule has 3 aliphatic rings. The SMILES string of the molecule is C[C@H](C(=O)N1CC(=O)Nc2ccccc21)N1CCN(C(=O)[C@H]2COc3ccccc3O2)CC1. The van der Waals surface area contributed by atoms with E-state index in [2.05, 4.69) is 10.2 Å². The molecular formula is C24H26N4O5. The fourth-order valence-electron chi connectivity index (χ4n) is 4.49. The summed E-state index contributed by atoms with van der Waals surface area (Å²) in [4.78, 5) is 43.7. The van der Waals surface area contributed by atoms with E-state index in [0.717, 1.165) is 0 Å². The Labute approximate surface area is 191 Å². The van der Waals surface area contributed by atoms with E-state index in [0.29, 0.717) is 49.1 Å². The summed E-state index contributed by atoms with van der Waals surface area (Å²) in [5.74, 6) is 0.779. The van der Waals surface area contributed by atoms with Crippen LogP contribution >= 0.6 is 0 Å². The second-order valence-electron chi connectivity index (χ2n) is 8.39. The zero-order chi connectivity index (χ0) is 22.9. The molecule has 2 aromatic rings. The molecule has 1 N–H and O–H groups in total. The van der Waals surface area contributed by atoms with Crippen molar-refractivity contribution in [2.45, 2.75) is 19.1 Å². The van der Waals surface area contributed by atoms with Crippen LogP contribution in [0.5, 0.6) is 11.5 Å². The highest BCUT2D eigenvalue weighted by molar-refractivity contribution is 6.11. The quantitative estimate of drug-likeness (QED) is 0.759. The number of hydrogen-bond acceptors (Lipinski definition) is 6. The highest BCUT2D eigenvalue weighted by atomic mass is 16.6. The van der Waals surface area contributed by atoms with E-state index in [9.17, 15) is 14.4 Å². The molecule has 0 aliphatic carbocycles. The Morgan fingerprint density at radius 3 is 2.48 bits per heavy atom. The summed E-state index contributed by atoms with van der Waals surface area (Å²) in [5.41, 5.74) is 1.35. The third-order valence-corrected chi connectivity index (χ3v) is 6.35. The largest absolute Gasteiger partial charge is 0.485 e. The van der Waals surface area contributed by atoms with Crippen molar-refractivity contribution in [3.63, 3.8) is 0 Å². The molecule has 3 amide bonds. The molecular weight excluding hydrogens is 424 g/mol. The van der Waals surface area contributed by atoms with Gasteiger partial charge in [-0.2, -0.15) is 0 Å². The number of carbonyl (C=O) groups is 3. The van der Waals surface area contributed by atoms with Crippen molar-refractivity contribution in [2.75, 3.05) is 49.5 Å². The molecule has 0 spiro atoms. The van der Waals surface area contributed by atoms with Crippen molar-refractivity contribution in [1.82, 2.24) is 9.80 Å². The molecule has 5 rings (SSSR count). The van der Waals surface area contributed by atoms with E-state index >= 15 is 0 Å². The number of ether oxygens (including phenoxy) is 2. The van der Waals surface area contributed by atoms with Gasteiger partial charge in [0.1, 0.15) is 13.2 Å². The number of para-hydroxylation sites is 4. The average molecular weight is 450 g/mol. The molecule has 0 bridgehead atoms. The maximum atomic E-state index is 13.3. The van der Waals surface area contributed by atoms with Crippen molar-refractivity contribution in [3.05, 3.63) is 48.5 Å². The van der Waals surface area contributed by atoms with Crippen LogP contribution in [0.15, 0.2) is 48.5 Å².